The van der Waals surface area contributed by atoms with E-state index in [-0.39, 0.29) is 16.7 Å². The monoisotopic (exact) mass is 434 g/mol. The number of halogens is 2. The molecule has 0 unspecified atom stereocenters. The summed E-state index contributed by atoms with van der Waals surface area (Å²) in [5.41, 5.74) is 1.19. The molecule has 2 amide bonds. The van der Waals surface area contributed by atoms with Gasteiger partial charge in [0.2, 0.25) is 0 Å². The van der Waals surface area contributed by atoms with Crippen LogP contribution in [0.1, 0.15) is 33.6 Å². The average Bonchev–Trinajstić information content (AvgIpc) is 3.11. The minimum atomic E-state index is -0.270. The number of likely N-dealkylation sites (tertiary alicyclic amines) is 1. The number of carbonyl (C=O) groups is 2. The van der Waals surface area contributed by atoms with Crippen molar-refractivity contribution < 1.29 is 9.59 Å². The summed E-state index contributed by atoms with van der Waals surface area (Å²) < 4.78 is 0. The van der Waals surface area contributed by atoms with Gasteiger partial charge in [-0.2, -0.15) is 0 Å². The molecule has 0 aliphatic carbocycles. The van der Waals surface area contributed by atoms with E-state index in [1.54, 1.807) is 18.2 Å². The minimum Gasteiger partial charge on any atom is -0.338 e. The first-order valence-corrected chi connectivity index (χ1v) is 11.0. The van der Waals surface area contributed by atoms with Crippen molar-refractivity contribution in [2.45, 2.75) is 17.7 Å². The number of piperidine rings is 1. The molecule has 2 aliphatic rings. The second kappa shape index (κ2) is 7.97. The van der Waals surface area contributed by atoms with E-state index in [1.165, 1.54) is 0 Å². The van der Waals surface area contributed by atoms with Gasteiger partial charge in [0, 0.05) is 36.0 Å². The zero-order chi connectivity index (χ0) is 19.7. The lowest BCUT2D eigenvalue weighted by Crippen LogP contribution is -2.53. The summed E-state index contributed by atoms with van der Waals surface area (Å²) in [6.45, 7) is 1.97. The molecule has 1 spiro atoms. The molecule has 0 aromatic heterocycles. The molecule has 7 heteroatoms. The fourth-order valence-electron chi connectivity index (χ4n) is 3.94. The van der Waals surface area contributed by atoms with Crippen LogP contribution in [0.25, 0.3) is 0 Å². The molecule has 2 aromatic carbocycles. The molecule has 2 aliphatic heterocycles. The molecule has 0 atom stereocenters. The number of hydrogen-bond acceptors (Lipinski definition) is 3. The van der Waals surface area contributed by atoms with Crippen LogP contribution in [0.15, 0.2) is 48.5 Å². The van der Waals surface area contributed by atoms with Gasteiger partial charge in [-0.05, 0) is 43.2 Å². The number of rotatable bonds is 2. The summed E-state index contributed by atoms with van der Waals surface area (Å²) in [5.74, 6) is 0.885. The van der Waals surface area contributed by atoms with Crippen molar-refractivity contribution in [2.24, 2.45) is 0 Å². The quantitative estimate of drug-likeness (QED) is 0.680. The van der Waals surface area contributed by atoms with Crippen LogP contribution in [0.5, 0.6) is 0 Å². The van der Waals surface area contributed by atoms with E-state index in [9.17, 15) is 9.59 Å². The number of carbonyl (C=O) groups excluding carboxylic acids is 2. The van der Waals surface area contributed by atoms with Crippen LogP contribution in [0.4, 0.5) is 0 Å². The summed E-state index contributed by atoms with van der Waals surface area (Å²) >= 11 is 14.1. The molecule has 2 fully saturated rings. The van der Waals surface area contributed by atoms with Crippen molar-refractivity contribution in [3.63, 3.8) is 0 Å². The van der Waals surface area contributed by atoms with Crippen molar-refractivity contribution >= 4 is 46.8 Å². The topological polar surface area (TPSA) is 40.6 Å². The average molecular weight is 435 g/mol. The standard InChI is InChI=1S/C21H20Cl2N2O2S/c22-16-6-7-17(18(23)14-16)20(27)25-12-13-28-21(25)8-10-24(11-9-21)19(26)15-4-2-1-3-5-15/h1-7,14H,8-13H2. The molecule has 28 heavy (non-hydrogen) atoms. The largest absolute Gasteiger partial charge is 0.338 e. The van der Waals surface area contributed by atoms with E-state index >= 15 is 0 Å². The highest BCUT2D eigenvalue weighted by Gasteiger charge is 2.47. The summed E-state index contributed by atoms with van der Waals surface area (Å²) in [5, 5.41) is 0.890. The van der Waals surface area contributed by atoms with Gasteiger partial charge in [-0.25, -0.2) is 0 Å². The lowest BCUT2D eigenvalue weighted by atomic mass is 10.00. The molecule has 146 valence electrons. The molecule has 2 aromatic rings. The zero-order valence-electron chi connectivity index (χ0n) is 15.2. The van der Waals surface area contributed by atoms with E-state index < -0.39 is 0 Å². The highest BCUT2D eigenvalue weighted by Crippen LogP contribution is 2.45. The lowest BCUT2D eigenvalue weighted by Gasteiger charge is -2.44. The van der Waals surface area contributed by atoms with Gasteiger partial charge >= 0.3 is 0 Å². The Morgan fingerprint density at radius 3 is 2.32 bits per heavy atom. The van der Waals surface area contributed by atoms with Gasteiger partial charge in [0.25, 0.3) is 11.8 Å². The van der Waals surface area contributed by atoms with E-state index in [0.29, 0.717) is 40.8 Å². The molecular weight excluding hydrogens is 415 g/mol. The first-order valence-electron chi connectivity index (χ1n) is 9.25. The van der Waals surface area contributed by atoms with Crippen LogP contribution in [0.2, 0.25) is 10.0 Å². The molecule has 4 nitrogen and oxygen atoms in total. The second-order valence-corrected chi connectivity index (χ2v) is 9.33. The van der Waals surface area contributed by atoms with Crippen LogP contribution in [0, 0.1) is 0 Å². The Balaban J connectivity index is 1.49. The fourth-order valence-corrected chi connectivity index (χ4v) is 5.88. The Morgan fingerprint density at radius 2 is 1.64 bits per heavy atom. The van der Waals surface area contributed by atoms with Crippen molar-refractivity contribution in [1.82, 2.24) is 9.80 Å². The predicted octanol–water partition coefficient (Wildman–Crippen LogP) is 4.81. The predicted molar refractivity (Wildman–Crippen MR) is 114 cm³/mol. The van der Waals surface area contributed by atoms with Gasteiger partial charge in [0.1, 0.15) is 0 Å². The van der Waals surface area contributed by atoms with Crippen LogP contribution in [-0.2, 0) is 0 Å². The van der Waals surface area contributed by atoms with E-state index in [0.717, 1.165) is 18.6 Å². The van der Waals surface area contributed by atoms with E-state index in [2.05, 4.69) is 0 Å². The Bertz CT molecular complexity index is 899. The maximum absolute atomic E-state index is 13.2. The summed E-state index contributed by atoms with van der Waals surface area (Å²) in [6, 6.07) is 14.3. The Morgan fingerprint density at radius 1 is 0.929 bits per heavy atom. The molecular formula is C21H20Cl2N2O2S. The highest BCUT2D eigenvalue weighted by molar-refractivity contribution is 8.00. The van der Waals surface area contributed by atoms with Gasteiger partial charge in [0.15, 0.2) is 0 Å². The van der Waals surface area contributed by atoms with E-state index in [4.69, 9.17) is 23.2 Å². The van der Waals surface area contributed by atoms with Crippen molar-refractivity contribution in [1.29, 1.82) is 0 Å². The first kappa shape index (κ1) is 19.6. The second-order valence-electron chi connectivity index (χ2n) is 7.03. The Labute approximate surface area is 178 Å². The number of thioether (sulfide) groups is 1. The van der Waals surface area contributed by atoms with Crippen molar-refractivity contribution in [2.75, 3.05) is 25.4 Å². The summed E-state index contributed by atoms with van der Waals surface area (Å²) in [7, 11) is 0. The highest BCUT2D eigenvalue weighted by atomic mass is 35.5. The summed E-state index contributed by atoms with van der Waals surface area (Å²) in [6.07, 6.45) is 1.51. The van der Waals surface area contributed by atoms with Crippen LogP contribution < -0.4 is 0 Å². The van der Waals surface area contributed by atoms with Crippen molar-refractivity contribution in [3.05, 3.63) is 69.7 Å². The van der Waals surface area contributed by atoms with Crippen LogP contribution in [0.3, 0.4) is 0 Å². The third-order valence-electron chi connectivity index (χ3n) is 5.44. The van der Waals surface area contributed by atoms with E-state index in [1.807, 2.05) is 51.9 Å². The first-order chi connectivity index (χ1) is 13.5. The zero-order valence-corrected chi connectivity index (χ0v) is 17.6. The maximum atomic E-state index is 13.2. The number of benzene rings is 2. The molecule has 4 rings (SSSR count). The van der Waals surface area contributed by atoms with Gasteiger partial charge in [-0.1, -0.05) is 41.4 Å². The third kappa shape index (κ3) is 3.63. The van der Waals surface area contributed by atoms with Crippen LogP contribution in [-0.4, -0.2) is 51.9 Å². The fraction of sp³-hybridized carbons (Fsp3) is 0.333. The van der Waals surface area contributed by atoms with Gasteiger partial charge < -0.3 is 9.80 Å². The normalized spacial score (nSPS) is 18.5. The van der Waals surface area contributed by atoms with Crippen LogP contribution >= 0.6 is 35.0 Å². The van der Waals surface area contributed by atoms with Gasteiger partial charge in [0.05, 0.1) is 15.5 Å². The summed E-state index contributed by atoms with van der Waals surface area (Å²) in [4.78, 5) is 29.5. The van der Waals surface area contributed by atoms with Crippen molar-refractivity contribution in [3.8, 4) is 0 Å². The number of nitrogens with zero attached hydrogens (tertiary/aromatic N) is 2. The number of amides is 2. The minimum absolute atomic E-state index is 0.0528. The maximum Gasteiger partial charge on any atom is 0.256 e. The molecule has 2 heterocycles. The SMILES string of the molecule is O=C(c1ccccc1)N1CCC2(CC1)SCCN2C(=O)c1ccc(Cl)cc1Cl. The molecule has 0 bridgehead atoms. The van der Waals surface area contributed by atoms with Gasteiger partial charge in [-0.15, -0.1) is 11.8 Å². The smallest absolute Gasteiger partial charge is 0.256 e. The third-order valence-corrected chi connectivity index (χ3v) is 7.54. The van der Waals surface area contributed by atoms with Gasteiger partial charge in [-0.3, -0.25) is 9.59 Å². The lowest BCUT2D eigenvalue weighted by molar-refractivity contribution is 0.0498. The Hall–Kier alpha value is -1.69. The molecule has 0 N–H and O–H groups in total. The molecule has 0 saturated carbocycles. The molecule has 0 radical (unpaired) electrons. The Kier molecular flexibility index (Phi) is 5.59. The molecule has 2 saturated heterocycles. The number of hydrogen-bond donors (Lipinski definition) is 0.